The maximum Gasteiger partial charge on any atom is 0.253 e. The van der Waals surface area contributed by atoms with Crippen molar-refractivity contribution in [2.24, 2.45) is 11.7 Å². The molecule has 2 amide bonds. The van der Waals surface area contributed by atoms with Crippen LogP contribution in [-0.4, -0.2) is 36.9 Å². The summed E-state index contributed by atoms with van der Waals surface area (Å²) in [5, 5.41) is 0.637. The van der Waals surface area contributed by atoms with Gasteiger partial charge in [0, 0.05) is 35.2 Å². The third kappa shape index (κ3) is 4.75. The van der Waals surface area contributed by atoms with E-state index in [9.17, 15) is 9.59 Å². The fourth-order valence-electron chi connectivity index (χ4n) is 3.27. The summed E-state index contributed by atoms with van der Waals surface area (Å²) in [6.07, 6.45) is 1.20. The van der Waals surface area contributed by atoms with E-state index >= 15 is 0 Å². The van der Waals surface area contributed by atoms with Gasteiger partial charge in [-0.2, -0.15) is 0 Å². The van der Waals surface area contributed by atoms with E-state index in [4.69, 9.17) is 26.8 Å². The molecule has 0 aromatic heterocycles. The Labute approximate surface area is 169 Å². The van der Waals surface area contributed by atoms with Gasteiger partial charge in [0.15, 0.2) is 0 Å². The van der Waals surface area contributed by atoms with Crippen molar-refractivity contribution in [2.75, 3.05) is 20.2 Å². The van der Waals surface area contributed by atoms with E-state index in [1.165, 1.54) is 0 Å². The number of rotatable bonds is 6. The summed E-state index contributed by atoms with van der Waals surface area (Å²) in [5.41, 5.74) is 6.70. The molecular formula is C21H23ClN2O4. The van der Waals surface area contributed by atoms with Gasteiger partial charge < -0.3 is 20.1 Å². The highest BCUT2D eigenvalue weighted by Gasteiger charge is 2.26. The summed E-state index contributed by atoms with van der Waals surface area (Å²) in [4.78, 5) is 25.9. The quantitative estimate of drug-likeness (QED) is 0.803. The number of likely N-dealkylation sites (tertiary alicyclic amines) is 1. The Bertz CT molecular complexity index is 846. The number of ether oxygens (including phenoxy) is 2. The molecule has 0 radical (unpaired) electrons. The van der Waals surface area contributed by atoms with E-state index in [-0.39, 0.29) is 24.3 Å². The van der Waals surface area contributed by atoms with Crippen LogP contribution in [0.1, 0.15) is 28.8 Å². The van der Waals surface area contributed by atoms with Crippen LogP contribution < -0.4 is 15.2 Å². The van der Waals surface area contributed by atoms with Gasteiger partial charge in [0.05, 0.1) is 7.11 Å². The number of nitrogens with zero attached hydrogens (tertiary/aromatic N) is 1. The Hall–Kier alpha value is -2.73. The number of carbonyl (C=O) groups excluding carboxylic acids is 2. The second-order valence-electron chi connectivity index (χ2n) is 6.74. The van der Waals surface area contributed by atoms with E-state index in [2.05, 4.69) is 0 Å². The molecule has 0 atom stereocenters. The third-order valence-electron chi connectivity index (χ3n) is 4.92. The van der Waals surface area contributed by atoms with Gasteiger partial charge in [0.25, 0.3) is 5.91 Å². The van der Waals surface area contributed by atoms with Crippen LogP contribution >= 0.6 is 11.6 Å². The van der Waals surface area contributed by atoms with Crippen LogP contribution in [0.2, 0.25) is 5.02 Å². The molecule has 1 heterocycles. The summed E-state index contributed by atoms with van der Waals surface area (Å²) >= 11 is 5.89. The van der Waals surface area contributed by atoms with E-state index in [0.717, 1.165) is 5.56 Å². The lowest BCUT2D eigenvalue weighted by molar-refractivity contribution is -0.123. The molecule has 6 nitrogen and oxygen atoms in total. The molecule has 148 valence electrons. The van der Waals surface area contributed by atoms with Gasteiger partial charge in [-0.1, -0.05) is 11.6 Å². The number of piperidine rings is 1. The van der Waals surface area contributed by atoms with Gasteiger partial charge in [-0.3, -0.25) is 9.59 Å². The molecule has 0 aliphatic carbocycles. The first kappa shape index (κ1) is 20.0. The number of methoxy groups -OCH3 is 1. The third-order valence-corrected chi connectivity index (χ3v) is 5.17. The summed E-state index contributed by atoms with van der Waals surface area (Å²) < 4.78 is 11.2. The predicted molar refractivity (Wildman–Crippen MR) is 107 cm³/mol. The predicted octanol–water partition coefficient (Wildman–Crippen LogP) is 3.27. The molecular weight excluding hydrogens is 380 g/mol. The molecule has 0 spiro atoms. The van der Waals surface area contributed by atoms with Gasteiger partial charge >= 0.3 is 0 Å². The fraction of sp³-hybridized carbons (Fsp3) is 0.333. The standard InChI is InChI=1S/C21H23ClN2O4/c1-27-19-7-2-15(21(26)24-10-8-14(9-11-24)20(23)25)12-16(19)13-28-18-5-3-17(22)4-6-18/h2-7,12,14H,8-11,13H2,1H3,(H2,23,25). The first-order valence-electron chi connectivity index (χ1n) is 9.12. The minimum atomic E-state index is -0.293. The lowest BCUT2D eigenvalue weighted by Crippen LogP contribution is -2.41. The molecule has 7 heteroatoms. The average Bonchev–Trinajstić information content (AvgIpc) is 2.72. The largest absolute Gasteiger partial charge is 0.496 e. The maximum atomic E-state index is 12.9. The molecule has 3 rings (SSSR count). The van der Waals surface area contributed by atoms with Gasteiger partial charge in [0.1, 0.15) is 18.1 Å². The lowest BCUT2D eigenvalue weighted by atomic mass is 9.95. The minimum absolute atomic E-state index is 0.0710. The molecule has 2 aromatic rings. The number of hydrogen-bond acceptors (Lipinski definition) is 4. The van der Waals surface area contributed by atoms with E-state index in [1.54, 1.807) is 54.5 Å². The highest BCUT2D eigenvalue weighted by Crippen LogP contribution is 2.25. The van der Waals surface area contributed by atoms with Gasteiger partial charge in [-0.15, -0.1) is 0 Å². The van der Waals surface area contributed by atoms with Crippen LogP contribution in [0.25, 0.3) is 0 Å². The molecule has 1 aliphatic rings. The number of nitrogens with two attached hydrogens (primary N) is 1. The Kier molecular flexibility index (Phi) is 6.41. The lowest BCUT2D eigenvalue weighted by Gasteiger charge is -2.30. The zero-order valence-corrected chi connectivity index (χ0v) is 16.4. The Morgan fingerprint density at radius 3 is 2.43 bits per heavy atom. The molecule has 0 unspecified atom stereocenters. The first-order valence-corrected chi connectivity index (χ1v) is 9.49. The number of carbonyl (C=O) groups is 2. The monoisotopic (exact) mass is 402 g/mol. The molecule has 1 aliphatic heterocycles. The summed E-state index contributed by atoms with van der Waals surface area (Å²) in [7, 11) is 1.58. The van der Waals surface area contributed by atoms with Crippen LogP contribution in [0, 0.1) is 5.92 Å². The van der Waals surface area contributed by atoms with E-state index < -0.39 is 0 Å². The molecule has 2 N–H and O–H groups in total. The van der Waals surface area contributed by atoms with Gasteiger partial charge in [0.2, 0.25) is 5.91 Å². The number of hydrogen-bond donors (Lipinski definition) is 1. The van der Waals surface area contributed by atoms with E-state index in [0.29, 0.717) is 48.0 Å². The minimum Gasteiger partial charge on any atom is -0.496 e. The normalized spacial score (nSPS) is 14.6. The van der Waals surface area contributed by atoms with Crippen molar-refractivity contribution in [3.63, 3.8) is 0 Å². The van der Waals surface area contributed by atoms with Gasteiger partial charge in [-0.05, 0) is 55.3 Å². The van der Waals surface area contributed by atoms with Crippen LogP contribution in [0.3, 0.4) is 0 Å². The average molecular weight is 403 g/mol. The Morgan fingerprint density at radius 2 is 1.82 bits per heavy atom. The number of halogens is 1. The van der Waals surface area contributed by atoms with Crippen molar-refractivity contribution >= 4 is 23.4 Å². The fourth-order valence-corrected chi connectivity index (χ4v) is 3.39. The second kappa shape index (κ2) is 8.97. The molecule has 2 aromatic carbocycles. The van der Waals surface area contributed by atoms with Crippen molar-refractivity contribution in [3.05, 3.63) is 58.6 Å². The summed E-state index contributed by atoms with van der Waals surface area (Å²) in [6, 6.07) is 12.4. The van der Waals surface area contributed by atoms with Crippen LogP contribution in [0.15, 0.2) is 42.5 Å². The Balaban J connectivity index is 1.70. The van der Waals surface area contributed by atoms with Crippen LogP contribution in [0.4, 0.5) is 0 Å². The SMILES string of the molecule is COc1ccc(C(=O)N2CCC(C(N)=O)CC2)cc1COc1ccc(Cl)cc1. The molecule has 28 heavy (non-hydrogen) atoms. The zero-order valence-electron chi connectivity index (χ0n) is 15.7. The topological polar surface area (TPSA) is 81.9 Å². The zero-order chi connectivity index (χ0) is 20.1. The van der Waals surface area contributed by atoms with Crippen molar-refractivity contribution < 1.29 is 19.1 Å². The van der Waals surface area contributed by atoms with Gasteiger partial charge in [-0.25, -0.2) is 0 Å². The summed E-state index contributed by atoms with van der Waals surface area (Å²) in [6.45, 7) is 1.31. The van der Waals surface area contributed by atoms with Crippen LogP contribution in [0.5, 0.6) is 11.5 Å². The first-order chi connectivity index (χ1) is 13.5. The van der Waals surface area contributed by atoms with E-state index in [1.807, 2.05) is 0 Å². The summed E-state index contributed by atoms with van der Waals surface area (Å²) in [5.74, 6) is 0.814. The maximum absolute atomic E-state index is 12.9. The molecule has 0 saturated carbocycles. The molecule has 1 saturated heterocycles. The number of amides is 2. The van der Waals surface area contributed by atoms with Crippen molar-refractivity contribution in [3.8, 4) is 11.5 Å². The van der Waals surface area contributed by atoms with Crippen molar-refractivity contribution in [2.45, 2.75) is 19.4 Å². The second-order valence-corrected chi connectivity index (χ2v) is 7.17. The smallest absolute Gasteiger partial charge is 0.253 e. The van der Waals surface area contributed by atoms with Crippen molar-refractivity contribution in [1.82, 2.24) is 4.90 Å². The number of benzene rings is 2. The number of primary amides is 1. The van der Waals surface area contributed by atoms with Crippen LogP contribution in [-0.2, 0) is 11.4 Å². The molecule has 0 bridgehead atoms. The highest BCUT2D eigenvalue weighted by atomic mass is 35.5. The van der Waals surface area contributed by atoms with Crippen molar-refractivity contribution in [1.29, 1.82) is 0 Å². The highest BCUT2D eigenvalue weighted by molar-refractivity contribution is 6.30. The Morgan fingerprint density at radius 1 is 1.14 bits per heavy atom. The molecule has 1 fully saturated rings.